The third-order valence-electron chi connectivity index (χ3n) is 3.75. The first-order valence-electron chi connectivity index (χ1n) is 8.35. The lowest BCUT2D eigenvalue weighted by molar-refractivity contribution is 0.382. The maximum Gasteiger partial charge on any atom is 0.194 e. The average molecular weight is 345 g/mol. The van der Waals surface area contributed by atoms with E-state index in [-0.39, 0.29) is 0 Å². The molecule has 0 fully saturated rings. The third kappa shape index (κ3) is 5.41. The van der Waals surface area contributed by atoms with E-state index < -0.39 is 0 Å². The van der Waals surface area contributed by atoms with Crippen molar-refractivity contribution >= 4 is 5.96 Å². The highest BCUT2D eigenvalue weighted by Gasteiger charge is 2.11. The highest BCUT2D eigenvalue weighted by atomic mass is 16.5. The molecule has 0 atom stereocenters. The van der Waals surface area contributed by atoms with Gasteiger partial charge in [0.2, 0.25) is 0 Å². The Morgan fingerprint density at radius 3 is 2.80 bits per heavy atom. The SMILES string of the molecule is CCNC(=NCCn1cccn1)N(C)Cc1ccc(OC)cc1OC. The van der Waals surface area contributed by atoms with E-state index in [9.17, 15) is 0 Å². The average Bonchev–Trinajstić information content (AvgIpc) is 3.14. The molecule has 136 valence electrons. The van der Waals surface area contributed by atoms with Gasteiger partial charge < -0.3 is 19.7 Å². The molecule has 0 aliphatic carbocycles. The fraction of sp³-hybridized carbons (Fsp3) is 0.444. The molecule has 0 aliphatic heterocycles. The molecular formula is C18H27N5O2. The smallest absolute Gasteiger partial charge is 0.194 e. The lowest BCUT2D eigenvalue weighted by Gasteiger charge is -2.23. The molecule has 0 aliphatic rings. The van der Waals surface area contributed by atoms with E-state index in [1.165, 1.54) is 0 Å². The number of methoxy groups -OCH3 is 2. The Balaban J connectivity index is 2.05. The Bertz CT molecular complexity index is 670. The van der Waals surface area contributed by atoms with Crippen molar-refractivity contribution in [2.45, 2.75) is 20.0 Å². The Kier molecular flexibility index (Phi) is 7.13. The standard InChI is InChI=1S/C18H27N5O2/c1-5-19-18(20-10-12-23-11-6-9-21-23)22(2)14-15-7-8-16(24-3)13-17(15)25-4/h6-9,11,13H,5,10,12,14H2,1-4H3,(H,19,20). The Labute approximate surface area is 149 Å². The quantitative estimate of drug-likeness (QED) is 0.586. The van der Waals surface area contributed by atoms with Gasteiger partial charge in [-0.3, -0.25) is 9.67 Å². The van der Waals surface area contributed by atoms with Crippen molar-refractivity contribution in [3.05, 3.63) is 42.2 Å². The number of benzene rings is 1. The normalized spacial score (nSPS) is 11.3. The molecule has 0 spiro atoms. The van der Waals surface area contributed by atoms with E-state index in [0.29, 0.717) is 13.1 Å². The van der Waals surface area contributed by atoms with E-state index >= 15 is 0 Å². The molecule has 25 heavy (non-hydrogen) atoms. The van der Waals surface area contributed by atoms with Gasteiger partial charge >= 0.3 is 0 Å². The molecule has 2 aromatic rings. The van der Waals surface area contributed by atoms with Crippen molar-refractivity contribution in [3.63, 3.8) is 0 Å². The van der Waals surface area contributed by atoms with Crippen LogP contribution in [0.25, 0.3) is 0 Å². The Morgan fingerprint density at radius 2 is 2.16 bits per heavy atom. The molecule has 7 heteroatoms. The molecule has 0 amide bonds. The summed E-state index contributed by atoms with van der Waals surface area (Å²) in [6.07, 6.45) is 3.71. The van der Waals surface area contributed by atoms with E-state index in [1.807, 2.05) is 42.2 Å². The molecule has 7 nitrogen and oxygen atoms in total. The second kappa shape index (κ2) is 9.56. The Morgan fingerprint density at radius 1 is 1.32 bits per heavy atom. The lowest BCUT2D eigenvalue weighted by atomic mass is 10.2. The molecule has 1 aromatic carbocycles. The summed E-state index contributed by atoms with van der Waals surface area (Å²) in [6, 6.07) is 7.76. The Hall–Kier alpha value is -2.70. The first kappa shape index (κ1) is 18.6. The topological polar surface area (TPSA) is 63.9 Å². The summed E-state index contributed by atoms with van der Waals surface area (Å²) in [4.78, 5) is 6.76. The van der Waals surface area contributed by atoms with Gasteiger partial charge in [0.15, 0.2) is 5.96 Å². The third-order valence-corrected chi connectivity index (χ3v) is 3.75. The van der Waals surface area contributed by atoms with Crippen molar-refractivity contribution in [1.82, 2.24) is 20.0 Å². The maximum absolute atomic E-state index is 5.48. The van der Waals surface area contributed by atoms with Gasteiger partial charge in [-0.25, -0.2) is 0 Å². The van der Waals surface area contributed by atoms with Crippen molar-refractivity contribution in [1.29, 1.82) is 0 Å². The van der Waals surface area contributed by atoms with Gasteiger partial charge in [0.25, 0.3) is 0 Å². The van der Waals surface area contributed by atoms with Crippen LogP contribution >= 0.6 is 0 Å². The van der Waals surface area contributed by atoms with Crippen molar-refractivity contribution in [2.24, 2.45) is 4.99 Å². The first-order valence-corrected chi connectivity index (χ1v) is 8.35. The summed E-state index contributed by atoms with van der Waals surface area (Å²) in [7, 11) is 5.33. The van der Waals surface area contributed by atoms with Crippen molar-refractivity contribution < 1.29 is 9.47 Å². The highest BCUT2D eigenvalue weighted by molar-refractivity contribution is 5.79. The molecule has 0 unspecified atom stereocenters. The molecule has 2 rings (SSSR count). The van der Waals surface area contributed by atoms with Gasteiger partial charge in [0, 0.05) is 44.2 Å². The van der Waals surface area contributed by atoms with Crippen LogP contribution in [0.1, 0.15) is 12.5 Å². The highest BCUT2D eigenvalue weighted by Crippen LogP contribution is 2.25. The number of ether oxygens (including phenoxy) is 2. The molecule has 1 N–H and O–H groups in total. The van der Waals surface area contributed by atoms with E-state index in [4.69, 9.17) is 9.47 Å². The minimum absolute atomic E-state index is 0.661. The van der Waals surface area contributed by atoms with Crippen LogP contribution in [-0.4, -0.2) is 55.0 Å². The number of hydrogen-bond acceptors (Lipinski definition) is 4. The molecule has 0 radical (unpaired) electrons. The number of aliphatic imine (C=N–C) groups is 1. The van der Waals surface area contributed by atoms with E-state index in [2.05, 4.69) is 27.2 Å². The van der Waals surface area contributed by atoms with Crippen LogP contribution in [0.5, 0.6) is 11.5 Å². The number of rotatable bonds is 8. The first-order chi connectivity index (χ1) is 12.2. The predicted octanol–water partition coefficient (Wildman–Crippen LogP) is 2.00. The van der Waals surface area contributed by atoms with E-state index in [1.54, 1.807) is 20.4 Å². The summed E-state index contributed by atoms with van der Waals surface area (Å²) in [5.74, 6) is 2.44. The number of nitrogens with zero attached hydrogens (tertiary/aromatic N) is 4. The molecule has 1 aromatic heterocycles. The molecule has 1 heterocycles. The van der Waals surface area contributed by atoms with Gasteiger partial charge in [0.1, 0.15) is 11.5 Å². The van der Waals surface area contributed by atoms with Crippen molar-refractivity contribution in [2.75, 3.05) is 34.4 Å². The monoisotopic (exact) mass is 345 g/mol. The fourth-order valence-electron chi connectivity index (χ4n) is 2.47. The summed E-state index contributed by atoms with van der Waals surface area (Å²) in [5.41, 5.74) is 1.07. The maximum atomic E-state index is 5.48. The van der Waals surface area contributed by atoms with Gasteiger partial charge in [-0.2, -0.15) is 5.10 Å². The molecule has 0 bridgehead atoms. The number of guanidine groups is 1. The van der Waals surface area contributed by atoms with Crippen LogP contribution in [0.15, 0.2) is 41.7 Å². The molecular weight excluding hydrogens is 318 g/mol. The van der Waals surface area contributed by atoms with Crippen LogP contribution in [-0.2, 0) is 13.1 Å². The number of hydrogen-bond donors (Lipinski definition) is 1. The largest absolute Gasteiger partial charge is 0.497 e. The second-order valence-electron chi connectivity index (χ2n) is 5.54. The summed E-state index contributed by atoms with van der Waals surface area (Å²) in [5, 5.41) is 7.52. The minimum atomic E-state index is 0.661. The zero-order valence-corrected chi connectivity index (χ0v) is 15.4. The summed E-state index contributed by atoms with van der Waals surface area (Å²) >= 11 is 0. The van der Waals surface area contributed by atoms with Gasteiger partial charge in [-0.1, -0.05) is 0 Å². The van der Waals surface area contributed by atoms with Crippen LogP contribution in [0.2, 0.25) is 0 Å². The van der Waals surface area contributed by atoms with Crippen LogP contribution in [0, 0.1) is 0 Å². The van der Waals surface area contributed by atoms with Gasteiger partial charge in [-0.05, 0) is 25.1 Å². The van der Waals surface area contributed by atoms with Crippen LogP contribution in [0.3, 0.4) is 0 Å². The fourth-order valence-corrected chi connectivity index (χ4v) is 2.47. The predicted molar refractivity (Wildman–Crippen MR) is 99.2 cm³/mol. The van der Waals surface area contributed by atoms with Gasteiger partial charge in [-0.15, -0.1) is 0 Å². The minimum Gasteiger partial charge on any atom is -0.497 e. The summed E-state index contributed by atoms with van der Waals surface area (Å²) in [6.45, 7) is 4.96. The molecule has 0 saturated heterocycles. The van der Waals surface area contributed by atoms with Crippen LogP contribution in [0.4, 0.5) is 0 Å². The number of nitrogens with one attached hydrogen (secondary N) is 1. The second-order valence-corrected chi connectivity index (χ2v) is 5.54. The van der Waals surface area contributed by atoms with E-state index in [0.717, 1.165) is 36.1 Å². The van der Waals surface area contributed by atoms with Gasteiger partial charge in [0.05, 0.1) is 27.3 Å². The number of aromatic nitrogens is 2. The van der Waals surface area contributed by atoms with Crippen LogP contribution < -0.4 is 14.8 Å². The molecule has 0 saturated carbocycles. The van der Waals surface area contributed by atoms with Crippen molar-refractivity contribution in [3.8, 4) is 11.5 Å². The zero-order valence-electron chi connectivity index (χ0n) is 15.4. The zero-order chi connectivity index (χ0) is 18.1. The lowest BCUT2D eigenvalue weighted by Crippen LogP contribution is -2.38. The summed E-state index contributed by atoms with van der Waals surface area (Å²) < 4.78 is 12.6.